The first-order valence-corrected chi connectivity index (χ1v) is 7.87. The molecule has 2 rings (SSSR count). The van der Waals surface area contributed by atoms with Crippen LogP contribution < -0.4 is 5.32 Å². The second-order valence-corrected chi connectivity index (χ2v) is 6.54. The summed E-state index contributed by atoms with van der Waals surface area (Å²) in [5.41, 5.74) is 0.749. The first-order chi connectivity index (χ1) is 8.27. The minimum atomic E-state index is -0.0492. The van der Waals surface area contributed by atoms with E-state index in [0.29, 0.717) is 11.8 Å². The normalized spacial score (nSPS) is 20.4. The van der Waals surface area contributed by atoms with Gasteiger partial charge in [0.05, 0.1) is 0 Å². The predicted molar refractivity (Wildman–Crippen MR) is 75.0 cm³/mol. The van der Waals surface area contributed by atoms with Crippen LogP contribution in [0.2, 0.25) is 0 Å². The monoisotopic (exact) mass is 271 g/mol. The van der Waals surface area contributed by atoms with Crippen molar-refractivity contribution in [2.45, 2.75) is 11.8 Å². The lowest BCUT2D eigenvalue weighted by molar-refractivity contribution is 0.398. The summed E-state index contributed by atoms with van der Waals surface area (Å²) < 4.78 is 0. The average molecular weight is 271 g/mol. The SMILES string of the molecule is Oc1cccc(CNCC2CSCCS2)c1O. The van der Waals surface area contributed by atoms with Gasteiger partial charge in [-0.05, 0) is 6.07 Å². The van der Waals surface area contributed by atoms with E-state index >= 15 is 0 Å². The van der Waals surface area contributed by atoms with Gasteiger partial charge in [-0.2, -0.15) is 23.5 Å². The van der Waals surface area contributed by atoms with E-state index in [9.17, 15) is 10.2 Å². The number of para-hydroxylation sites is 1. The van der Waals surface area contributed by atoms with Crippen LogP contribution in [0.25, 0.3) is 0 Å². The Kier molecular flexibility index (Phi) is 4.88. The Labute approximate surface area is 110 Å². The number of phenolic OH excluding ortho intramolecular Hbond substituents is 2. The lowest BCUT2D eigenvalue weighted by Crippen LogP contribution is -2.28. The van der Waals surface area contributed by atoms with Crippen molar-refractivity contribution in [3.05, 3.63) is 23.8 Å². The van der Waals surface area contributed by atoms with E-state index in [4.69, 9.17) is 0 Å². The molecule has 94 valence electrons. The van der Waals surface area contributed by atoms with Crippen molar-refractivity contribution in [3.8, 4) is 11.5 Å². The fourth-order valence-corrected chi connectivity index (χ4v) is 4.39. The lowest BCUT2D eigenvalue weighted by atomic mass is 10.2. The molecular weight excluding hydrogens is 254 g/mol. The Morgan fingerprint density at radius 1 is 1.29 bits per heavy atom. The summed E-state index contributed by atoms with van der Waals surface area (Å²) in [6.45, 7) is 1.55. The van der Waals surface area contributed by atoms with Gasteiger partial charge in [0, 0.05) is 41.2 Å². The molecule has 5 heteroatoms. The third-order valence-corrected chi connectivity index (χ3v) is 5.52. The molecule has 0 radical (unpaired) electrons. The zero-order valence-corrected chi connectivity index (χ0v) is 11.2. The van der Waals surface area contributed by atoms with Crippen LogP contribution in [0.1, 0.15) is 5.56 Å². The Bertz CT molecular complexity index is 368. The van der Waals surface area contributed by atoms with E-state index in [1.54, 1.807) is 6.07 Å². The van der Waals surface area contributed by atoms with E-state index in [1.807, 2.05) is 29.6 Å². The highest BCUT2D eigenvalue weighted by molar-refractivity contribution is 8.06. The predicted octanol–water partition coefficient (Wildman–Crippen LogP) is 2.04. The minimum absolute atomic E-state index is 0.00864. The molecule has 0 saturated carbocycles. The number of hydrogen-bond acceptors (Lipinski definition) is 5. The summed E-state index contributed by atoms with van der Waals surface area (Å²) in [7, 11) is 0. The zero-order chi connectivity index (χ0) is 12.1. The molecule has 17 heavy (non-hydrogen) atoms. The fourth-order valence-electron chi connectivity index (χ4n) is 1.74. The number of benzene rings is 1. The van der Waals surface area contributed by atoms with Crippen molar-refractivity contribution in [2.24, 2.45) is 0 Å². The van der Waals surface area contributed by atoms with E-state index in [1.165, 1.54) is 23.3 Å². The van der Waals surface area contributed by atoms with Gasteiger partial charge in [-0.25, -0.2) is 0 Å². The summed E-state index contributed by atoms with van der Waals surface area (Å²) in [5, 5.41) is 23.0. The average Bonchev–Trinajstić information content (AvgIpc) is 2.36. The maximum Gasteiger partial charge on any atom is 0.161 e. The molecule has 3 nitrogen and oxygen atoms in total. The summed E-state index contributed by atoms with van der Waals surface area (Å²) in [6.07, 6.45) is 0. The molecule has 1 aliphatic heterocycles. The molecule has 3 N–H and O–H groups in total. The molecule has 0 aliphatic carbocycles. The van der Waals surface area contributed by atoms with Gasteiger partial charge < -0.3 is 15.5 Å². The maximum atomic E-state index is 9.64. The summed E-state index contributed by atoms with van der Waals surface area (Å²) in [6, 6.07) is 5.06. The molecule has 1 aliphatic rings. The van der Waals surface area contributed by atoms with Crippen LogP contribution in [-0.4, -0.2) is 39.3 Å². The van der Waals surface area contributed by atoms with Crippen molar-refractivity contribution in [3.63, 3.8) is 0 Å². The number of nitrogens with one attached hydrogen (secondary N) is 1. The maximum absolute atomic E-state index is 9.64. The Morgan fingerprint density at radius 3 is 2.94 bits per heavy atom. The first-order valence-electron chi connectivity index (χ1n) is 5.67. The fraction of sp³-hybridized carbons (Fsp3) is 0.500. The molecule has 1 aromatic rings. The Morgan fingerprint density at radius 2 is 2.18 bits per heavy atom. The number of thioether (sulfide) groups is 2. The second-order valence-electron chi connectivity index (χ2n) is 3.98. The Balaban J connectivity index is 1.79. The van der Waals surface area contributed by atoms with Crippen LogP contribution in [0.3, 0.4) is 0 Å². The van der Waals surface area contributed by atoms with E-state index in [0.717, 1.165) is 12.1 Å². The molecule has 0 aromatic heterocycles. The summed E-state index contributed by atoms with van der Waals surface area (Å²) >= 11 is 4.02. The first kappa shape index (κ1) is 12.9. The van der Waals surface area contributed by atoms with Crippen LogP contribution >= 0.6 is 23.5 Å². The number of phenols is 2. The van der Waals surface area contributed by atoms with Gasteiger partial charge in [0.25, 0.3) is 0 Å². The highest BCUT2D eigenvalue weighted by atomic mass is 32.2. The largest absolute Gasteiger partial charge is 0.504 e. The summed E-state index contributed by atoms with van der Waals surface area (Å²) in [5.74, 6) is 3.63. The standard InChI is InChI=1S/C12H17NO2S2/c14-11-3-1-2-9(12(11)15)6-13-7-10-8-16-4-5-17-10/h1-3,10,13-15H,4-8H2. The smallest absolute Gasteiger partial charge is 0.161 e. The second kappa shape index (κ2) is 6.42. The quantitative estimate of drug-likeness (QED) is 0.732. The lowest BCUT2D eigenvalue weighted by Gasteiger charge is -2.21. The molecule has 1 heterocycles. The van der Waals surface area contributed by atoms with Gasteiger partial charge in [-0.15, -0.1) is 0 Å². The number of hydrogen-bond donors (Lipinski definition) is 3. The van der Waals surface area contributed by atoms with Crippen LogP contribution in [-0.2, 0) is 6.54 Å². The molecule has 1 fully saturated rings. The summed E-state index contributed by atoms with van der Waals surface area (Å²) in [4.78, 5) is 0. The zero-order valence-electron chi connectivity index (χ0n) is 9.56. The van der Waals surface area contributed by atoms with E-state index in [2.05, 4.69) is 5.32 Å². The highest BCUT2D eigenvalue weighted by Crippen LogP contribution is 2.28. The molecule has 0 spiro atoms. The third kappa shape index (κ3) is 3.72. The van der Waals surface area contributed by atoms with E-state index in [-0.39, 0.29) is 11.5 Å². The van der Waals surface area contributed by atoms with Crippen LogP contribution in [0.15, 0.2) is 18.2 Å². The molecule has 0 amide bonds. The van der Waals surface area contributed by atoms with Gasteiger partial charge >= 0.3 is 0 Å². The molecule has 1 saturated heterocycles. The van der Waals surface area contributed by atoms with Crippen LogP contribution in [0, 0.1) is 0 Å². The number of rotatable bonds is 4. The van der Waals surface area contributed by atoms with Crippen molar-refractivity contribution in [1.82, 2.24) is 5.32 Å². The van der Waals surface area contributed by atoms with Crippen molar-refractivity contribution < 1.29 is 10.2 Å². The Hall–Kier alpha value is -0.520. The molecular formula is C12H17NO2S2. The van der Waals surface area contributed by atoms with Gasteiger partial charge in [0.2, 0.25) is 0 Å². The molecule has 1 atom stereocenters. The van der Waals surface area contributed by atoms with Crippen LogP contribution in [0.5, 0.6) is 11.5 Å². The van der Waals surface area contributed by atoms with Crippen molar-refractivity contribution >= 4 is 23.5 Å². The van der Waals surface area contributed by atoms with E-state index < -0.39 is 0 Å². The molecule has 1 unspecified atom stereocenters. The molecule has 0 bridgehead atoms. The minimum Gasteiger partial charge on any atom is -0.504 e. The third-order valence-electron chi connectivity index (χ3n) is 2.67. The van der Waals surface area contributed by atoms with Crippen molar-refractivity contribution in [2.75, 3.05) is 23.8 Å². The highest BCUT2D eigenvalue weighted by Gasteiger charge is 2.14. The molecule has 1 aromatic carbocycles. The van der Waals surface area contributed by atoms with Gasteiger partial charge in [0.1, 0.15) is 0 Å². The van der Waals surface area contributed by atoms with Crippen molar-refractivity contribution in [1.29, 1.82) is 0 Å². The van der Waals surface area contributed by atoms with Gasteiger partial charge in [-0.3, -0.25) is 0 Å². The van der Waals surface area contributed by atoms with Crippen LogP contribution in [0.4, 0.5) is 0 Å². The number of aromatic hydroxyl groups is 2. The topological polar surface area (TPSA) is 52.5 Å². The van der Waals surface area contributed by atoms with Gasteiger partial charge in [0.15, 0.2) is 11.5 Å². The van der Waals surface area contributed by atoms with Gasteiger partial charge in [-0.1, -0.05) is 12.1 Å².